The van der Waals surface area contributed by atoms with Crippen LogP contribution in [-0.2, 0) is 14.8 Å². The van der Waals surface area contributed by atoms with Gasteiger partial charge in [-0.05, 0) is 58.2 Å². The highest BCUT2D eigenvalue weighted by Crippen LogP contribution is 2.20. The smallest absolute Gasteiger partial charge is 0.208 e. The van der Waals surface area contributed by atoms with Crippen LogP contribution in [0.3, 0.4) is 0 Å². The third-order valence-electron chi connectivity index (χ3n) is 3.63. The molecule has 0 spiro atoms. The van der Waals surface area contributed by atoms with Gasteiger partial charge in [0.05, 0.1) is 6.26 Å². The Labute approximate surface area is 116 Å². The van der Waals surface area contributed by atoms with E-state index >= 15 is 0 Å². The summed E-state index contributed by atoms with van der Waals surface area (Å²) in [6, 6.07) is 0. The van der Waals surface area contributed by atoms with Crippen LogP contribution < -0.4 is 4.72 Å². The normalized spacial score (nSPS) is 18.6. The molecule has 0 radical (unpaired) electrons. The SMILES string of the molecule is CC(=O)CCCN1CCC(CCNS(C)(=O)=O)CC1. The van der Waals surface area contributed by atoms with E-state index in [0.29, 0.717) is 18.9 Å². The van der Waals surface area contributed by atoms with Crippen molar-refractivity contribution in [3.63, 3.8) is 0 Å². The second-order valence-electron chi connectivity index (χ2n) is 5.55. The van der Waals surface area contributed by atoms with E-state index in [1.165, 1.54) is 6.26 Å². The van der Waals surface area contributed by atoms with Crippen molar-refractivity contribution < 1.29 is 13.2 Å². The number of carbonyl (C=O) groups excluding carboxylic acids is 1. The lowest BCUT2D eigenvalue weighted by Gasteiger charge is -2.31. The zero-order chi connectivity index (χ0) is 14.3. The minimum Gasteiger partial charge on any atom is -0.303 e. The molecule has 1 aliphatic rings. The van der Waals surface area contributed by atoms with Crippen LogP contribution in [0.25, 0.3) is 0 Å². The molecule has 1 rings (SSSR count). The zero-order valence-corrected chi connectivity index (χ0v) is 12.8. The molecule has 0 unspecified atom stereocenters. The molecule has 0 bridgehead atoms. The summed E-state index contributed by atoms with van der Waals surface area (Å²) in [5.41, 5.74) is 0. The van der Waals surface area contributed by atoms with Crippen molar-refractivity contribution in [2.75, 3.05) is 32.4 Å². The maximum atomic E-state index is 11.0. The van der Waals surface area contributed by atoms with Gasteiger partial charge in [0, 0.05) is 13.0 Å². The second kappa shape index (κ2) is 7.97. The van der Waals surface area contributed by atoms with E-state index in [4.69, 9.17) is 0 Å². The minimum absolute atomic E-state index is 0.265. The molecule has 0 saturated carbocycles. The topological polar surface area (TPSA) is 66.5 Å². The molecule has 0 aromatic rings. The molecule has 19 heavy (non-hydrogen) atoms. The molecule has 1 heterocycles. The summed E-state index contributed by atoms with van der Waals surface area (Å²) >= 11 is 0. The number of piperidine rings is 1. The molecule has 0 atom stereocenters. The predicted molar refractivity (Wildman–Crippen MR) is 76.5 cm³/mol. The van der Waals surface area contributed by atoms with E-state index in [1.54, 1.807) is 6.92 Å². The Hall–Kier alpha value is -0.460. The average Bonchev–Trinajstić information content (AvgIpc) is 2.29. The maximum absolute atomic E-state index is 11.0. The van der Waals surface area contributed by atoms with Gasteiger partial charge in [-0.15, -0.1) is 0 Å². The highest BCUT2D eigenvalue weighted by molar-refractivity contribution is 7.88. The van der Waals surface area contributed by atoms with Crippen molar-refractivity contribution in [2.24, 2.45) is 5.92 Å². The molecule has 0 aromatic heterocycles. The van der Waals surface area contributed by atoms with E-state index in [1.807, 2.05) is 0 Å². The van der Waals surface area contributed by atoms with Crippen LogP contribution in [-0.4, -0.2) is 51.5 Å². The predicted octanol–water partition coefficient (Wildman–Crippen LogP) is 1.01. The Bertz CT molecular complexity index is 373. The van der Waals surface area contributed by atoms with Crippen LogP contribution in [0.4, 0.5) is 0 Å². The number of nitrogens with one attached hydrogen (secondary N) is 1. The Kier molecular flexibility index (Phi) is 6.96. The van der Waals surface area contributed by atoms with E-state index in [2.05, 4.69) is 9.62 Å². The first-order valence-electron chi connectivity index (χ1n) is 7.03. The van der Waals surface area contributed by atoms with Crippen LogP contribution in [0, 0.1) is 5.92 Å². The number of hydrogen-bond acceptors (Lipinski definition) is 4. The molecule has 1 fully saturated rings. The number of rotatable bonds is 8. The fourth-order valence-corrected chi connectivity index (χ4v) is 2.99. The Balaban J connectivity index is 2.10. The van der Waals surface area contributed by atoms with Gasteiger partial charge in [0.25, 0.3) is 0 Å². The van der Waals surface area contributed by atoms with Gasteiger partial charge in [0.2, 0.25) is 10.0 Å². The van der Waals surface area contributed by atoms with Gasteiger partial charge in [-0.25, -0.2) is 13.1 Å². The number of likely N-dealkylation sites (tertiary alicyclic amines) is 1. The number of nitrogens with zero attached hydrogens (tertiary/aromatic N) is 1. The number of carbonyl (C=O) groups is 1. The molecular formula is C13H26N2O3S. The lowest BCUT2D eigenvalue weighted by molar-refractivity contribution is -0.117. The first-order chi connectivity index (χ1) is 8.87. The van der Waals surface area contributed by atoms with Crippen molar-refractivity contribution in [1.29, 1.82) is 0 Å². The van der Waals surface area contributed by atoms with Gasteiger partial charge >= 0.3 is 0 Å². The Morgan fingerprint density at radius 2 is 1.95 bits per heavy atom. The summed E-state index contributed by atoms with van der Waals surface area (Å²) < 4.78 is 24.5. The van der Waals surface area contributed by atoms with Crippen molar-refractivity contribution in [1.82, 2.24) is 9.62 Å². The lowest BCUT2D eigenvalue weighted by Crippen LogP contribution is -2.35. The van der Waals surface area contributed by atoms with E-state index in [-0.39, 0.29) is 5.78 Å². The average molecular weight is 290 g/mol. The summed E-state index contributed by atoms with van der Waals surface area (Å²) in [6.45, 7) is 5.34. The number of hydrogen-bond donors (Lipinski definition) is 1. The summed E-state index contributed by atoms with van der Waals surface area (Å²) in [5, 5.41) is 0. The van der Waals surface area contributed by atoms with Crippen LogP contribution in [0.1, 0.15) is 39.0 Å². The van der Waals surface area contributed by atoms with E-state index < -0.39 is 10.0 Å². The molecule has 0 aliphatic carbocycles. The number of ketones is 1. The molecule has 1 N–H and O–H groups in total. The summed E-state index contributed by atoms with van der Waals surface area (Å²) in [6.07, 6.45) is 6.02. The molecule has 0 aromatic carbocycles. The molecule has 6 heteroatoms. The number of sulfonamides is 1. The summed E-state index contributed by atoms with van der Waals surface area (Å²) in [4.78, 5) is 13.3. The number of Topliss-reactive ketones (excluding diaryl/α,β-unsaturated/α-hetero) is 1. The summed E-state index contributed by atoms with van der Waals surface area (Å²) in [5.74, 6) is 0.889. The van der Waals surface area contributed by atoms with Gasteiger partial charge in [-0.3, -0.25) is 0 Å². The largest absolute Gasteiger partial charge is 0.303 e. The minimum atomic E-state index is -3.05. The first-order valence-corrected chi connectivity index (χ1v) is 8.92. The Morgan fingerprint density at radius 3 is 2.47 bits per heavy atom. The fraction of sp³-hybridized carbons (Fsp3) is 0.923. The van der Waals surface area contributed by atoms with Crippen molar-refractivity contribution in [2.45, 2.75) is 39.0 Å². The summed E-state index contributed by atoms with van der Waals surface area (Å²) in [7, 11) is -3.05. The quantitative estimate of drug-likeness (QED) is 0.724. The van der Waals surface area contributed by atoms with Crippen molar-refractivity contribution in [3.8, 4) is 0 Å². The standard InChI is InChI=1S/C13H26N2O3S/c1-12(16)4-3-9-15-10-6-13(7-11-15)5-8-14-19(2,17)18/h13-14H,3-11H2,1-2H3. The van der Waals surface area contributed by atoms with Crippen molar-refractivity contribution >= 4 is 15.8 Å². The van der Waals surface area contributed by atoms with Gasteiger partial charge in [-0.2, -0.15) is 0 Å². The third kappa shape index (κ3) is 8.34. The fourth-order valence-electron chi connectivity index (χ4n) is 2.50. The second-order valence-corrected chi connectivity index (χ2v) is 7.38. The lowest BCUT2D eigenvalue weighted by atomic mass is 9.93. The van der Waals surface area contributed by atoms with Gasteiger partial charge in [-0.1, -0.05) is 0 Å². The van der Waals surface area contributed by atoms with E-state index in [9.17, 15) is 13.2 Å². The van der Waals surface area contributed by atoms with Crippen LogP contribution in [0.5, 0.6) is 0 Å². The molecule has 0 amide bonds. The van der Waals surface area contributed by atoms with Crippen LogP contribution in [0.2, 0.25) is 0 Å². The first kappa shape index (κ1) is 16.6. The molecule has 1 saturated heterocycles. The van der Waals surface area contributed by atoms with Gasteiger partial charge < -0.3 is 9.69 Å². The zero-order valence-electron chi connectivity index (χ0n) is 12.0. The van der Waals surface area contributed by atoms with Crippen LogP contribution >= 0.6 is 0 Å². The van der Waals surface area contributed by atoms with Crippen LogP contribution in [0.15, 0.2) is 0 Å². The molecular weight excluding hydrogens is 264 g/mol. The highest BCUT2D eigenvalue weighted by atomic mass is 32.2. The van der Waals surface area contributed by atoms with Crippen molar-refractivity contribution in [3.05, 3.63) is 0 Å². The van der Waals surface area contributed by atoms with Gasteiger partial charge in [0.1, 0.15) is 5.78 Å². The maximum Gasteiger partial charge on any atom is 0.208 e. The van der Waals surface area contributed by atoms with E-state index in [0.717, 1.165) is 45.3 Å². The Morgan fingerprint density at radius 1 is 1.32 bits per heavy atom. The monoisotopic (exact) mass is 290 g/mol. The highest BCUT2D eigenvalue weighted by Gasteiger charge is 2.18. The molecule has 5 nitrogen and oxygen atoms in total. The molecule has 112 valence electrons. The molecule has 1 aliphatic heterocycles. The third-order valence-corrected chi connectivity index (χ3v) is 4.36. The van der Waals surface area contributed by atoms with Gasteiger partial charge in [0.15, 0.2) is 0 Å².